The lowest BCUT2D eigenvalue weighted by atomic mass is 10.2. The molecule has 0 unspecified atom stereocenters. The number of carboxylic acids is 1. The monoisotopic (exact) mass is 290 g/mol. The number of nitrogens with one attached hydrogen (secondary N) is 1. The molecule has 0 radical (unpaired) electrons. The van der Waals surface area contributed by atoms with Gasteiger partial charge in [-0.15, -0.1) is 0 Å². The molecule has 5 heteroatoms. The molecule has 0 aliphatic carbocycles. The third-order valence-corrected chi connectivity index (χ3v) is 3.01. The molecule has 0 fully saturated rings. The van der Waals surface area contributed by atoms with Crippen LogP contribution >= 0.6 is 0 Å². The molecule has 0 spiro atoms. The first-order chi connectivity index (χ1) is 10.1. The van der Waals surface area contributed by atoms with Crippen LogP contribution in [0.3, 0.4) is 0 Å². The Morgan fingerprint density at radius 1 is 1.33 bits per heavy atom. The number of carbonyl (C=O) groups is 2. The van der Waals surface area contributed by atoms with Crippen LogP contribution in [0.2, 0.25) is 0 Å². The maximum atomic E-state index is 12.1. The van der Waals surface area contributed by atoms with Crippen LogP contribution in [0.4, 0.5) is 10.5 Å². The summed E-state index contributed by atoms with van der Waals surface area (Å²) in [7, 11) is 0. The van der Waals surface area contributed by atoms with E-state index in [0.717, 1.165) is 31.0 Å². The first-order valence-corrected chi connectivity index (χ1v) is 7.13. The Hall–Kier alpha value is -2.30. The summed E-state index contributed by atoms with van der Waals surface area (Å²) < 4.78 is 0. The van der Waals surface area contributed by atoms with Gasteiger partial charge in [0, 0.05) is 24.9 Å². The molecule has 2 N–H and O–H groups in total. The van der Waals surface area contributed by atoms with Gasteiger partial charge in [-0.1, -0.05) is 25.5 Å². The van der Waals surface area contributed by atoms with Crippen molar-refractivity contribution in [3.63, 3.8) is 0 Å². The fourth-order valence-corrected chi connectivity index (χ4v) is 1.84. The Balaban J connectivity index is 2.71. The molecule has 0 aromatic heterocycles. The van der Waals surface area contributed by atoms with E-state index in [4.69, 9.17) is 5.11 Å². The van der Waals surface area contributed by atoms with Crippen LogP contribution in [0.5, 0.6) is 0 Å². The quantitative estimate of drug-likeness (QED) is 0.756. The van der Waals surface area contributed by atoms with E-state index >= 15 is 0 Å². The summed E-state index contributed by atoms with van der Waals surface area (Å²) in [5.41, 5.74) is 1.38. The molecule has 5 nitrogen and oxygen atoms in total. The largest absolute Gasteiger partial charge is 0.478 e. The van der Waals surface area contributed by atoms with E-state index in [1.165, 1.54) is 6.08 Å². The van der Waals surface area contributed by atoms with Crippen LogP contribution < -0.4 is 5.32 Å². The normalized spacial score (nSPS) is 10.6. The van der Waals surface area contributed by atoms with Gasteiger partial charge in [0.05, 0.1) is 0 Å². The molecule has 114 valence electrons. The minimum absolute atomic E-state index is 0.134. The van der Waals surface area contributed by atoms with E-state index < -0.39 is 5.97 Å². The van der Waals surface area contributed by atoms with Crippen LogP contribution in [0.25, 0.3) is 6.08 Å². The number of hydrogen-bond donors (Lipinski definition) is 2. The molecular weight excluding hydrogens is 268 g/mol. The molecule has 0 bridgehead atoms. The number of anilines is 1. The molecule has 1 rings (SSSR count). The van der Waals surface area contributed by atoms with Crippen molar-refractivity contribution < 1.29 is 14.7 Å². The average molecular weight is 290 g/mol. The molecule has 0 atom stereocenters. The van der Waals surface area contributed by atoms with Gasteiger partial charge in [-0.05, 0) is 37.1 Å². The van der Waals surface area contributed by atoms with Gasteiger partial charge >= 0.3 is 12.0 Å². The molecule has 0 aliphatic rings. The van der Waals surface area contributed by atoms with Crippen molar-refractivity contribution in [2.75, 3.05) is 18.4 Å². The average Bonchev–Trinajstić information content (AvgIpc) is 2.46. The van der Waals surface area contributed by atoms with Crippen molar-refractivity contribution in [2.45, 2.75) is 26.7 Å². The first kappa shape index (κ1) is 16.8. The maximum Gasteiger partial charge on any atom is 0.328 e. The number of carboxylic acid groups (broad SMARTS) is 1. The summed E-state index contributed by atoms with van der Waals surface area (Å²) in [5, 5.41) is 11.4. The van der Waals surface area contributed by atoms with Crippen molar-refractivity contribution >= 4 is 23.8 Å². The maximum absolute atomic E-state index is 12.1. The van der Waals surface area contributed by atoms with Gasteiger partial charge in [0.15, 0.2) is 0 Å². The van der Waals surface area contributed by atoms with Crippen LogP contribution in [0, 0.1) is 0 Å². The molecule has 0 aliphatic heterocycles. The second-order valence-corrected chi connectivity index (χ2v) is 4.66. The summed E-state index contributed by atoms with van der Waals surface area (Å²) in [4.78, 5) is 24.4. The van der Waals surface area contributed by atoms with Gasteiger partial charge < -0.3 is 15.3 Å². The molecule has 2 amide bonds. The number of benzene rings is 1. The first-order valence-electron chi connectivity index (χ1n) is 7.13. The number of aliphatic carboxylic acids is 1. The summed E-state index contributed by atoms with van der Waals surface area (Å²) in [6, 6.07) is 6.95. The van der Waals surface area contributed by atoms with Crippen LogP contribution in [-0.4, -0.2) is 35.1 Å². The Kier molecular flexibility index (Phi) is 7.01. The Morgan fingerprint density at radius 2 is 2.10 bits per heavy atom. The van der Waals surface area contributed by atoms with Gasteiger partial charge in [0.2, 0.25) is 0 Å². The highest BCUT2D eigenvalue weighted by Gasteiger charge is 2.10. The van der Waals surface area contributed by atoms with Crippen molar-refractivity contribution in [2.24, 2.45) is 0 Å². The summed E-state index contributed by atoms with van der Waals surface area (Å²) in [6.07, 6.45) is 4.58. The summed E-state index contributed by atoms with van der Waals surface area (Å²) >= 11 is 0. The zero-order chi connectivity index (χ0) is 15.7. The van der Waals surface area contributed by atoms with E-state index in [0.29, 0.717) is 12.2 Å². The number of rotatable bonds is 7. The third-order valence-electron chi connectivity index (χ3n) is 3.01. The molecule has 1 aromatic carbocycles. The highest BCUT2D eigenvalue weighted by atomic mass is 16.4. The van der Waals surface area contributed by atoms with Crippen LogP contribution in [0.15, 0.2) is 30.3 Å². The Morgan fingerprint density at radius 3 is 2.71 bits per heavy atom. The van der Waals surface area contributed by atoms with Crippen molar-refractivity contribution in [3.05, 3.63) is 35.9 Å². The molecule has 21 heavy (non-hydrogen) atoms. The topological polar surface area (TPSA) is 69.6 Å². The van der Waals surface area contributed by atoms with Gasteiger partial charge in [0.25, 0.3) is 0 Å². The minimum atomic E-state index is -0.999. The van der Waals surface area contributed by atoms with Crippen LogP contribution in [0.1, 0.15) is 32.3 Å². The fourth-order valence-electron chi connectivity index (χ4n) is 1.84. The Bertz CT molecular complexity index is 512. The van der Waals surface area contributed by atoms with E-state index in [-0.39, 0.29) is 6.03 Å². The van der Waals surface area contributed by atoms with E-state index in [2.05, 4.69) is 12.2 Å². The highest BCUT2D eigenvalue weighted by Crippen LogP contribution is 2.13. The number of hydrogen-bond acceptors (Lipinski definition) is 2. The molecule has 0 saturated carbocycles. The lowest BCUT2D eigenvalue weighted by Gasteiger charge is -2.21. The fraction of sp³-hybridized carbons (Fsp3) is 0.375. The highest BCUT2D eigenvalue weighted by molar-refractivity contribution is 5.90. The second-order valence-electron chi connectivity index (χ2n) is 4.66. The molecular formula is C16H22N2O3. The molecule has 0 saturated heterocycles. The standard InChI is InChI=1S/C16H22N2O3/c1-3-5-11-18(4-2)16(21)17-14-8-6-7-13(12-14)9-10-15(19)20/h6-10,12H,3-5,11H2,1-2H3,(H,17,21)(H,19,20)/b10-9+. The Labute approximate surface area is 125 Å². The van der Waals surface area contributed by atoms with E-state index in [1.807, 2.05) is 6.92 Å². The smallest absolute Gasteiger partial charge is 0.328 e. The second kappa shape index (κ2) is 8.79. The number of amides is 2. The zero-order valence-corrected chi connectivity index (χ0v) is 12.5. The van der Waals surface area contributed by atoms with E-state index in [1.54, 1.807) is 29.2 Å². The zero-order valence-electron chi connectivity index (χ0n) is 12.5. The lowest BCUT2D eigenvalue weighted by Crippen LogP contribution is -2.35. The summed E-state index contributed by atoms with van der Waals surface area (Å²) in [6.45, 7) is 5.42. The van der Waals surface area contributed by atoms with Crippen molar-refractivity contribution in [1.29, 1.82) is 0 Å². The van der Waals surface area contributed by atoms with Gasteiger partial charge in [0.1, 0.15) is 0 Å². The SMILES string of the molecule is CCCCN(CC)C(=O)Nc1cccc(/C=C/C(=O)O)c1. The third kappa shape index (κ3) is 6.12. The minimum Gasteiger partial charge on any atom is -0.478 e. The number of unbranched alkanes of at least 4 members (excludes halogenated alkanes) is 1. The number of nitrogens with zero attached hydrogens (tertiary/aromatic N) is 1. The van der Waals surface area contributed by atoms with E-state index in [9.17, 15) is 9.59 Å². The van der Waals surface area contributed by atoms with Crippen LogP contribution in [-0.2, 0) is 4.79 Å². The number of urea groups is 1. The van der Waals surface area contributed by atoms with Crippen molar-refractivity contribution in [3.8, 4) is 0 Å². The van der Waals surface area contributed by atoms with Crippen molar-refractivity contribution in [1.82, 2.24) is 4.90 Å². The van der Waals surface area contributed by atoms with Gasteiger partial charge in [-0.3, -0.25) is 0 Å². The number of carbonyl (C=O) groups excluding carboxylic acids is 1. The van der Waals surface area contributed by atoms with Gasteiger partial charge in [-0.2, -0.15) is 0 Å². The summed E-state index contributed by atoms with van der Waals surface area (Å²) in [5.74, 6) is -0.999. The molecule has 1 aromatic rings. The predicted octanol–water partition coefficient (Wildman–Crippen LogP) is 3.44. The predicted molar refractivity (Wildman–Crippen MR) is 84.3 cm³/mol. The molecule has 0 heterocycles. The lowest BCUT2D eigenvalue weighted by molar-refractivity contribution is -0.131. The van der Waals surface area contributed by atoms with Gasteiger partial charge in [-0.25, -0.2) is 9.59 Å².